The second-order valence-electron chi connectivity index (χ2n) is 4.00. The van der Waals surface area contributed by atoms with Gasteiger partial charge in [-0.3, -0.25) is 4.79 Å². The number of nitrogens with two attached hydrogens (primary N) is 1. The van der Waals surface area contributed by atoms with Crippen LogP contribution in [0.3, 0.4) is 0 Å². The lowest BCUT2D eigenvalue weighted by atomic mass is 10.2. The number of nitrogens with zero attached hydrogens (tertiary/aromatic N) is 1. The summed E-state index contributed by atoms with van der Waals surface area (Å²) in [4.78, 5) is 15.7. The quantitative estimate of drug-likeness (QED) is 0.849. The Morgan fingerprint density at radius 2 is 2.40 bits per heavy atom. The number of aryl methyl sites for hydroxylation is 1. The van der Waals surface area contributed by atoms with Gasteiger partial charge >= 0.3 is 0 Å². The Morgan fingerprint density at radius 1 is 1.60 bits per heavy atom. The third-order valence-corrected chi connectivity index (χ3v) is 3.85. The number of carbonyl (C=O) groups excluding carboxylic acids is 1. The summed E-state index contributed by atoms with van der Waals surface area (Å²) in [5.41, 5.74) is 6.07. The third kappa shape index (κ3) is 2.38. The van der Waals surface area contributed by atoms with Crippen molar-refractivity contribution in [1.82, 2.24) is 4.90 Å². The second kappa shape index (κ2) is 4.33. The molecule has 1 aliphatic rings. The van der Waals surface area contributed by atoms with Gasteiger partial charge in [-0.15, -0.1) is 11.3 Å². The van der Waals surface area contributed by atoms with Crippen LogP contribution in [0.15, 0.2) is 12.1 Å². The van der Waals surface area contributed by atoms with Crippen molar-refractivity contribution in [1.29, 1.82) is 0 Å². The molecule has 1 aromatic heterocycles. The molecular formula is C11H16N2OS. The van der Waals surface area contributed by atoms with Crippen molar-refractivity contribution in [2.24, 2.45) is 5.73 Å². The van der Waals surface area contributed by atoms with Crippen LogP contribution in [0.1, 0.15) is 28.6 Å². The van der Waals surface area contributed by atoms with Gasteiger partial charge in [0.1, 0.15) is 0 Å². The number of hydrogen-bond donors (Lipinski definition) is 1. The van der Waals surface area contributed by atoms with Gasteiger partial charge in [-0.05, 0) is 25.5 Å². The molecule has 0 bridgehead atoms. The maximum absolute atomic E-state index is 11.4. The maximum Gasteiger partial charge on any atom is 0.222 e. The average molecular weight is 224 g/mol. The number of hydrogen-bond acceptors (Lipinski definition) is 3. The molecule has 1 fully saturated rings. The molecule has 1 unspecified atom stereocenters. The van der Waals surface area contributed by atoms with E-state index in [2.05, 4.69) is 19.1 Å². The van der Waals surface area contributed by atoms with Crippen molar-refractivity contribution in [2.75, 3.05) is 13.1 Å². The van der Waals surface area contributed by atoms with Crippen LogP contribution in [-0.4, -0.2) is 23.9 Å². The van der Waals surface area contributed by atoms with Gasteiger partial charge in [-0.2, -0.15) is 0 Å². The maximum atomic E-state index is 11.4. The SMILES string of the molecule is Cc1ccc(C(N)CN2CCCC2=O)s1. The highest BCUT2D eigenvalue weighted by Crippen LogP contribution is 2.23. The lowest BCUT2D eigenvalue weighted by Crippen LogP contribution is -2.32. The van der Waals surface area contributed by atoms with E-state index in [9.17, 15) is 4.79 Å². The van der Waals surface area contributed by atoms with Crippen LogP contribution in [0.25, 0.3) is 0 Å². The predicted octanol–water partition coefficient (Wildman–Crippen LogP) is 1.68. The number of amides is 1. The molecule has 2 rings (SSSR count). The fraction of sp³-hybridized carbons (Fsp3) is 0.545. The first-order chi connectivity index (χ1) is 7.16. The molecule has 0 aromatic carbocycles. The van der Waals surface area contributed by atoms with Crippen molar-refractivity contribution >= 4 is 17.2 Å². The lowest BCUT2D eigenvalue weighted by Gasteiger charge is -2.19. The van der Waals surface area contributed by atoms with E-state index in [1.165, 1.54) is 9.75 Å². The van der Waals surface area contributed by atoms with E-state index in [1.807, 2.05) is 4.90 Å². The Morgan fingerprint density at radius 3 is 2.93 bits per heavy atom. The van der Waals surface area contributed by atoms with E-state index in [1.54, 1.807) is 11.3 Å². The number of likely N-dealkylation sites (tertiary alicyclic amines) is 1. The highest BCUT2D eigenvalue weighted by molar-refractivity contribution is 7.12. The zero-order valence-corrected chi connectivity index (χ0v) is 9.72. The minimum Gasteiger partial charge on any atom is -0.341 e. The Balaban J connectivity index is 1.97. The van der Waals surface area contributed by atoms with E-state index < -0.39 is 0 Å². The summed E-state index contributed by atoms with van der Waals surface area (Å²) < 4.78 is 0. The Kier molecular flexibility index (Phi) is 3.07. The van der Waals surface area contributed by atoms with Gasteiger partial charge < -0.3 is 10.6 Å². The molecule has 0 spiro atoms. The van der Waals surface area contributed by atoms with Gasteiger partial charge in [0.15, 0.2) is 0 Å². The van der Waals surface area contributed by atoms with E-state index >= 15 is 0 Å². The number of thiophene rings is 1. The molecule has 1 amide bonds. The van der Waals surface area contributed by atoms with Crippen LogP contribution in [0.2, 0.25) is 0 Å². The summed E-state index contributed by atoms with van der Waals surface area (Å²) in [6.07, 6.45) is 1.67. The molecule has 0 aliphatic carbocycles. The highest BCUT2D eigenvalue weighted by Gasteiger charge is 2.22. The predicted molar refractivity (Wildman–Crippen MR) is 61.8 cm³/mol. The van der Waals surface area contributed by atoms with Crippen molar-refractivity contribution in [3.8, 4) is 0 Å². The highest BCUT2D eigenvalue weighted by atomic mass is 32.1. The molecule has 4 heteroatoms. The minimum absolute atomic E-state index is 0.0225. The molecule has 0 radical (unpaired) electrons. The second-order valence-corrected chi connectivity index (χ2v) is 5.32. The van der Waals surface area contributed by atoms with Gasteiger partial charge in [0.05, 0.1) is 6.04 Å². The number of rotatable bonds is 3. The Hall–Kier alpha value is -0.870. The topological polar surface area (TPSA) is 46.3 Å². The van der Waals surface area contributed by atoms with Crippen LogP contribution in [-0.2, 0) is 4.79 Å². The smallest absolute Gasteiger partial charge is 0.222 e. The summed E-state index contributed by atoms with van der Waals surface area (Å²) in [5, 5.41) is 0. The largest absolute Gasteiger partial charge is 0.341 e. The molecule has 2 heterocycles. The summed E-state index contributed by atoms with van der Waals surface area (Å²) in [6, 6.07) is 4.11. The van der Waals surface area contributed by atoms with E-state index in [-0.39, 0.29) is 11.9 Å². The van der Waals surface area contributed by atoms with Gasteiger partial charge in [-0.25, -0.2) is 0 Å². The molecule has 1 saturated heterocycles. The Labute approximate surface area is 93.9 Å². The zero-order valence-electron chi connectivity index (χ0n) is 8.90. The number of carbonyl (C=O) groups is 1. The summed E-state index contributed by atoms with van der Waals surface area (Å²) in [7, 11) is 0. The van der Waals surface area contributed by atoms with Crippen molar-refractivity contribution in [3.63, 3.8) is 0 Å². The van der Waals surface area contributed by atoms with Gasteiger partial charge in [0, 0.05) is 29.3 Å². The first-order valence-electron chi connectivity index (χ1n) is 5.26. The summed E-state index contributed by atoms with van der Waals surface area (Å²) in [6.45, 7) is 3.61. The molecule has 0 saturated carbocycles. The van der Waals surface area contributed by atoms with Crippen molar-refractivity contribution in [3.05, 3.63) is 21.9 Å². The van der Waals surface area contributed by atoms with Gasteiger partial charge in [0.25, 0.3) is 0 Å². The average Bonchev–Trinajstić information content (AvgIpc) is 2.77. The van der Waals surface area contributed by atoms with E-state index in [0.29, 0.717) is 13.0 Å². The molecule has 3 nitrogen and oxygen atoms in total. The van der Waals surface area contributed by atoms with Crippen molar-refractivity contribution < 1.29 is 4.79 Å². The van der Waals surface area contributed by atoms with Gasteiger partial charge in [-0.1, -0.05) is 0 Å². The fourth-order valence-corrected chi connectivity index (χ4v) is 2.75. The summed E-state index contributed by atoms with van der Waals surface area (Å²) >= 11 is 1.72. The first-order valence-corrected chi connectivity index (χ1v) is 6.08. The van der Waals surface area contributed by atoms with Crippen LogP contribution < -0.4 is 5.73 Å². The van der Waals surface area contributed by atoms with Crippen LogP contribution in [0.4, 0.5) is 0 Å². The van der Waals surface area contributed by atoms with Gasteiger partial charge in [0.2, 0.25) is 5.91 Å². The van der Waals surface area contributed by atoms with Crippen molar-refractivity contribution in [2.45, 2.75) is 25.8 Å². The fourth-order valence-electron chi connectivity index (χ4n) is 1.88. The first kappa shape index (κ1) is 10.6. The van der Waals surface area contributed by atoms with Crippen LogP contribution >= 0.6 is 11.3 Å². The zero-order chi connectivity index (χ0) is 10.8. The molecule has 1 aliphatic heterocycles. The lowest BCUT2D eigenvalue weighted by molar-refractivity contribution is -0.127. The van der Waals surface area contributed by atoms with Crippen LogP contribution in [0, 0.1) is 6.92 Å². The summed E-state index contributed by atoms with van der Waals surface area (Å²) in [5.74, 6) is 0.249. The standard InChI is InChI=1S/C11H16N2OS/c1-8-4-5-10(15-8)9(12)7-13-6-2-3-11(13)14/h4-5,9H,2-3,6-7,12H2,1H3. The van der Waals surface area contributed by atoms with E-state index in [0.717, 1.165) is 13.0 Å². The Bertz CT molecular complexity index is 361. The van der Waals surface area contributed by atoms with E-state index in [4.69, 9.17) is 5.73 Å². The van der Waals surface area contributed by atoms with Crippen LogP contribution in [0.5, 0.6) is 0 Å². The molecule has 82 valence electrons. The molecule has 15 heavy (non-hydrogen) atoms. The normalized spacial score (nSPS) is 18.5. The molecule has 2 N–H and O–H groups in total. The molecule has 1 atom stereocenters. The molecular weight excluding hydrogens is 208 g/mol. The molecule has 1 aromatic rings. The third-order valence-electron chi connectivity index (χ3n) is 2.72. The minimum atomic E-state index is -0.0225. The monoisotopic (exact) mass is 224 g/mol.